The fourth-order valence-electron chi connectivity index (χ4n) is 4.26. The first-order chi connectivity index (χ1) is 12.8. The van der Waals surface area contributed by atoms with E-state index in [9.17, 15) is 0 Å². The number of nitrogens with one attached hydrogen (secondary N) is 1. The summed E-state index contributed by atoms with van der Waals surface area (Å²) in [5, 5.41) is 3.68. The SMILES string of the molecule is COc1cc2c(cc1OC)C(CCC1OCCc3ccccc31)NCC2. The Hall–Kier alpha value is -2.04. The molecule has 1 N–H and O–H groups in total. The number of fused-ring (bicyclic) bond motifs is 2. The van der Waals surface area contributed by atoms with Crippen molar-refractivity contribution in [2.24, 2.45) is 0 Å². The van der Waals surface area contributed by atoms with Gasteiger partial charge < -0.3 is 19.5 Å². The van der Waals surface area contributed by atoms with E-state index in [2.05, 4.69) is 41.7 Å². The molecular weight excluding hydrogens is 326 g/mol. The number of hydrogen-bond acceptors (Lipinski definition) is 4. The Morgan fingerprint density at radius 3 is 2.62 bits per heavy atom. The number of ether oxygens (including phenoxy) is 3. The van der Waals surface area contributed by atoms with Gasteiger partial charge in [-0.25, -0.2) is 0 Å². The second-order valence-electron chi connectivity index (χ2n) is 7.05. The molecule has 2 unspecified atom stereocenters. The van der Waals surface area contributed by atoms with Crippen molar-refractivity contribution in [1.82, 2.24) is 5.32 Å². The second-order valence-corrected chi connectivity index (χ2v) is 7.05. The normalized spacial score (nSPS) is 21.6. The smallest absolute Gasteiger partial charge is 0.161 e. The van der Waals surface area contributed by atoms with Gasteiger partial charge in [0.2, 0.25) is 0 Å². The quantitative estimate of drug-likeness (QED) is 0.882. The molecule has 0 radical (unpaired) electrons. The highest BCUT2D eigenvalue weighted by atomic mass is 16.5. The van der Waals surface area contributed by atoms with E-state index in [-0.39, 0.29) is 6.10 Å². The highest BCUT2D eigenvalue weighted by molar-refractivity contribution is 5.49. The Balaban J connectivity index is 1.53. The van der Waals surface area contributed by atoms with E-state index in [1.165, 1.54) is 22.3 Å². The molecule has 2 aliphatic heterocycles. The van der Waals surface area contributed by atoms with E-state index < -0.39 is 0 Å². The summed E-state index contributed by atoms with van der Waals surface area (Å²) in [7, 11) is 3.39. The van der Waals surface area contributed by atoms with Crippen molar-refractivity contribution in [2.45, 2.75) is 37.8 Å². The zero-order valence-corrected chi connectivity index (χ0v) is 15.6. The first-order valence-corrected chi connectivity index (χ1v) is 9.47. The third kappa shape index (κ3) is 3.31. The number of methoxy groups -OCH3 is 2. The van der Waals surface area contributed by atoms with Crippen molar-refractivity contribution in [3.05, 3.63) is 58.7 Å². The van der Waals surface area contributed by atoms with Crippen molar-refractivity contribution in [1.29, 1.82) is 0 Å². The summed E-state index contributed by atoms with van der Waals surface area (Å²) in [6, 6.07) is 13.3. The van der Waals surface area contributed by atoms with Crippen LogP contribution in [-0.2, 0) is 17.6 Å². The van der Waals surface area contributed by atoms with Crippen LogP contribution in [0.5, 0.6) is 11.5 Å². The van der Waals surface area contributed by atoms with E-state index in [0.717, 1.165) is 50.3 Å². The molecule has 2 aromatic rings. The maximum Gasteiger partial charge on any atom is 0.161 e. The van der Waals surface area contributed by atoms with Gasteiger partial charge in [0.25, 0.3) is 0 Å². The molecule has 138 valence electrons. The van der Waals surface area contributed by atoms with Gasteiger partial charge in [-0.1, -0.05) is 24.3 Å². The average Bonchev–Trinajstić information content (AvgIpc) is 2.71. The van der Waals surface area contributed by atoms with Gasteiger partial charge in [-0.05, 0) is 66.6 Å². The zero-order valence-electron chi connectivity index (χ0n) is 15.6. The molecule has 0 amide bonds. The molecule has 0 fully saturated rings. The standard InChI is InChI=1S/C22H27NO3/c1-24-21-13-16-9-11-23-19(18(16)14-22(21)25-2)7-8-20-17-6-4-3-5-15(17)10-12-26-20/h3-6,13-14,19-20,23H,7-12H2,1-2H3. The van der Waals surface area contributed by atoms with E-state index in [0.29, 0.717) is 6.04 Å². The monoisotopic (exact) mass is 353 g/mol. The molecule has 4 nitrogen and oxygen atoms in total. The Morgan fingerprint density at radius 2 is 1.77 bits per heavy atom. The fraction of sp³-hybridized carbons (Fsp3) is 0.455. The lowest BCUT2D eigenvalue weighted by molar-refractivity contribution is 0.0332. The van der Waals surface area contributed by atoms with E-state index in [1.807, 2.05) is 0 Å². The number of benzene rings is 2. The molecule has 0 saturated carbocycles. The molecule has 2 aliphatic rings. The highest BCUT2D eigenvalue weighted by Gasteiger charge is 2.26. The van der Waals surface area contributed by atoms with Crippen LogP contribution in [0.1, 0.15) is 47.2 Å². The van der Waals surface area contributed by atoms with E-state index in [4.69, 9.17) is 14.2 Å². The lowest BCUT2D eigenvalue weighted by atomic mass is 9.88. The van der Waals surface area contributed by atoms with Gasteiger partial charge in [0.1, 0.15) is 0 Å². The van der Waals surface area contributed by atoms with E-state index in [1.54, 1.807) is 14.2 Å². The maximum absolute atomic E-state index is 6.09. The molecule has 26 heavy (non-hydrogen) atoms. The predicted molar refractivity (Wildman–Crippen MR) is 102 cm³/mol. The van der Waals surface area contributed by atoms with Gasteiger partial charge in [-0.2, -0.15) is 0 Å². The molecule has 0 aliphatic carbocycles. The molecule has 0 saturated heterocycles. The maximum atomic E-state index is 6.09. The van der Waals surface area contributed by atoms with Crippen LogP contribution in [0.2, 0.25) is 0 Å². The summed E-state index contributed by atoms with van der Waals surface area (Å²) >= 11 is 0. The third-order valence-electron chi connectivity index (χ3n) is 5.62. The van der Waals surface area contributed by atoms with Crippen LogP contribution < -0.4 is 14.8 Å². The summed E-state index contributed by atoms with van der Waals surface area (Å²) in [5.41, 5.74) is 5.49. The van der Waals surface area contributed by atoms with Crippen molar-refractivity contribution in [3.8, 4) is 11.5 Å². The summed E-state index contributed by atoms with van der Waals surface area (Å²) in [4.78, 5) is 0. The third-order valence-corrected chi connectivity index (χ3v) is 5.62. The molecule has 2 atom stereocenters. The highest BCUT2D eigenvalue weighted by Crippen LogP contribution is 2.38. The molecule has 0 aromatic heterocycles. The molecule has 0 bridgehead atoms. The zero-order chi connectivity index (χ0) is 17.9. The van der Waals surface area contributed by atoms with Crippen LogP contribution in [-0.4, -0.2) is 27.4 Å². The van der Waals surface area contributed by atoms with Crippen molar-refractivity contribution < 1.29 is 14.2 Å². The average molecular weight is 353 g/mol. The molecule has 2 aromatic carbocycles. The van der Waals surface area contributed by atoms with Gasteiger partial charge in [-0.15, -0.1) is 0 Å². The molecule has 0 spiro atoms. The Labute approximate surface area is 155 Å². The van der Waals surface area contributed by atoms with Gasteiger partial charge in [-0.3, -0.25) is 0 Å². The van der Waals surface area contributed by atoms with Crippen LogP contribution in [0.25, 0.3) is 0 Å². The van der Waals surface area contributed by atoms with E-state index >= 15 is 0 Å². The van der Waals surface area contributed by atoms with Gasteiger partial charge in [0.15, 0.2) is 11.5 Å². The minimum atomic E-state index is 0.201. The van der Waals surface area contributed by atoms with Crippen molar-refractivity contribution >= 4 is 0 Å². The predicted octanol–water partition coefficient (Wildman–Crippen LogP) is 3.98. The topological polar surface area (TPSA) is 39.7 Å². The Bertz CT molecular complexity index is 774. The lowest BCUT2D eigenvalue weighted by Crippen LogP contribution is -2.30. The van der Waals surface area contributed by atoms with Crippen LogP contribution in [0.4, 0.5) is 0 Å². The van der Waals surface area contributed by atoms with Crippen LogP contribution in [0.3, 0.4) is 0 Å². The summed E-state index contributed by atoms with van der Waals surface area (Å²) in [5.74, 6) is 1.62. The first kappa shape index (κ1) is 17.4. The molecule has 4 heteroatoms. The number of rotatable bonds is 5. The first-order valence-electron chi connectivity index (χ1n) is 9.47. The Kier molecular flexibility index (Phi) is 5.14. The fourth-order valence-corrected chi connectivity index (χ4v) is 4.26. The Morgan fingerprint density at radius 1 is 0.962 bits per heavy atom. The van der Waals surface area contributed by atoms with Gasteiger partial charge >= 0.3 is 0 Å². The largest absolute Gasteiger partial charge is 0.493 e. The second kappa shape index (κ2) is 7.68. The van der Waals surface area contributed by atoms with Gasteiger partial charge in [0, 0.05) is 6.04 Å². The minimum Gasteiger partial charge on any atom is -0.493 e. The van der Waals surface area contributed by atoms with Crippen molar-refractivity contribution in [3.63, 3.8) is 0 Å². The van der Waals surface area contributed by atoms with Crippen LogP contribution >= 0.6 is 0 Å². The summed E-state index contributed by atoms with van der Waals surface area (Å²) < 4.78 is 17.1. The molecule has 4 rings (SSSR count). The minimum absolute atomic E-state index is 0.201. The van der Waals surface area contributed by atoms with Gasteiger partial charge in [0.05, 0.1) is 26.9 Å². The lowest BCUT2D eigenvalue weighted by Gasteiger charge is -2.31. The summed E-state index contributed by atoms with van der Waals surface area (Å²) in [6.45, 7) is 1.82. The van der Waals surface area contributed by atoms with Crippen LogP contribution in [0.15, 0.2) is 36.4 Å². The molecule has 2 heterocycles. The van der Waals surface area contributed by atoms with Crippen LogP contribution in [0, 0.1) is 0 Å². The molecular formula is C22H27NO3. The number of hydrogen-bond donors (Lipinski definition) is 1. The van der Waals surface area contributed by atoms with Crippen molar-refractivity contribution in [2.75, 3.05) is 27.4 Å². The summed E-state index contributed by atoms with van der Waals surface area (Å²) in [6.07, 6.45) is 4.31.